The molecule has 6 heteroatoms. The van der Waals surface area contributed by atoms with Gasteiger partial charge in [-0.05, 0) is 36.9 Å². The lowest BCUT2D eigenvalue weighted by molar-refractivity contribution is 0.102. The number of carbonyl (C=O) groups is 1. The van der Waals surface area contributed by atoms with E-state index in [2.05, 4.69) is 27.1 Å². The smallest absolute Gasteiger partial charge is 0.255 e. The molecule has 0 spiro atoms. The zero-order chi connectivity index (χ0) is 16.9. The van der Waals surface area contributed by atoms with Crippen LogP contribution in [0.1, 0.15) is 15.9 Å². The molecule has 0 saturated carbocycles. The molecular formula is C18H23N5O. The van der Waals surface area contributed by atoms with Crippen molar-refractivity contribution < 1.29 is 4.79 Å². The second-order valence-electron chi connectivity index (χ2n) is 6.05. The van der Waals surface area contributed by atoms with E-state index < -0.39 is 0 Å². The number of benzene rings is 1. The van der Waals surface area contributed by atoms with Gasteiger partial charge in [0.15, 0.2) is 0 Å². The number of carbonyl (C=O) groups excluding carboxylic acids is 1. The van der Waals surface area contributed by atoms with Crippen molar-refractivity contribution in [2.24, 2.45) is 5.73 Å². The largest absolute Gasteiger partial charge is 0.354 e. The Hall–Kier alpha value is -2.44. The van der Waals surface area contributed by atoms with Crippen LogP contribution >= 0.6 is 0 Å². The number of nitrogens with two attached hydrogens (primary N) is 1. The number of rotatable bonds is 4. The molecule has 2 heterocycles. The van der Waals surface area contributed by atoms with E-state index in [0.717, 1.165) is 37.6 Å². The quantitative estimate of drug-likeness (QED) is 0.892. The first-order chi connectivity index (χ1) is 11.7. The van der Waals surface area contributed by atoms with Gasteiger partial charge in [-0.2, -0.15) is 0 Å². The number of nitrogens with one attached hydrogen (secondary N) is 1. The van der Waals surface area contributed by atoms with E-state index >= 15 is 0 Å². The third-order valence-corrected chi connectivity index (χ3v) is 4.28. The van der Waals surface area contributed by atoms with Crippen molar-refractivity contribution >= 4 is 17.4 Å². The SMILES string of the molecule is CN1CCN(c2ccc(NC(=O)c3ccc(CN)cc3)cn2)CC1. The third kappa shape index (κ3) is 3.90. The normalized spacial score (nSPS) is 15.3. The van der Waals surface area contributed by atoms with Crippen molar-refractivity contribution in [2.75, 3.05) is 43.4 Å². The Morgan fingerprint density at radius 3 is 2.42 bits per heavy atom. The molecule has 1 aromatic heterocycles. The van der Waals surface area contributed by atoms with Crippen LogP contribution in [-0.4, -0.2) is 49.0 Å². The van der Waals surface area contributed by atoms with E-state index in [0.29, 0.717) is 17.8 Å². The summed E-state index contributed by atoms with van der Waals surface area (Å²) in [6.07, 6.45) is 1.71. The van der Waals surface area contributed by atoms with E-state index in [-0.39, 0.29) is 5.91 Å². The van der Waals surface area contributed by atoms with Crippen molar-refractivity contribution in [2.45, 2.75) is 6.54 Å². The minimum absolute atomic E-state index is 0.146. The second-order valence-corrected chi connectivity index (χ2v) is 6.05. The number of hydrogen-bond donors (Lipinski definition) is 2. The first-order valence-electron chi connectivity index (χ1n) is 8.15. The highest BCUT2D eigenvalue weighted by Gasteiger charge is 2.15. The minimum Gasteiger partial charge on any atom is -0.354 e. The molecule has 1 aliphatic rings. The summed E-state index contributed by atoms with van der Waals surface area (Å²) in [5.41, 5.74) is 7.87. The molecule has 1 aliphatic heterocycles. The maximum absolute atomic E-state index is 12.3. The lowest BCUT2D eigenvalue weighted by atomic mass is 10.1. The Bertz CT molecular complexity index is 676. The van der Waals surface area contributed by atoms with Gasteiger partial charge in [-0.3, -0.25) is 4.79 Å². The second kappa shape index (κ2) is 7.42. The van der Waals surface area contributed by atoms with Crippen molar-refractivity contribution in [3.63, 3.8) is 0 Å². The van der Waals surface area contributed by atoms with Gasteiger partial charge in [-0.25, -0.2) is 4.98 Å². The average Bonchev–Trinajstić information content (AvgIpc) is 2.63. The van der Waals surface area contributed by atoms with Crippen molar-refractivity contribution in [3.8, 4) is 0 Å². The standard InChI is InChI=1S/C18H23N5O/c1-22-8-10-23(11-9-22)17-7-6-16(13-20-17)21-18(24)15-4-2-14(12-19)3-5-15/h2-7,13H,8-12,19H2,1H3,(H,21,24). The molecule has 0 radical (unpaired) electrons. The van der Waals surface area contributed by atoms with E-state index in [9.17, 15) is 4.79 Å². The van der Waals surface area contributed by atoms with Crippen LogP contribution in [0.3, 0.4) is 0 Å². The van der Waals surface area contributed by atoms with E-state index in [1.54, 1.807) is 18.3 Å². The number of hydrogen-bond acceptors (Lipinski definition) is 5. The average molecular weight is 325 g/mol. The van der Waals surface area contributed by atoms with E-state index in [4.69, 9.17) is 5.73 Å². The Morgan fingerprint density at radius 1 is 1.12 bits per heavy atom. The van der Waals surface area contributed by atoms with Crippen molar-refractivity contribution in [1.82, 2.24) is 9.88 Å². The fraction of sp³-hybridized carbons (Fsp3) is 0.333. The number of amides is 1. The van der Waals surface area contributed by atoms with Gasteiger partial charge in [0.05, 0.1) is 11.9 Å². The molecule has 1 saturated heterocycles. The monoisotopic (exact) mass is 325 g/mol. The Morgan fingerprint density at radius 2 is 1.83 bits per heavy atom. The summed E-state index contributed by atoms with van der Waals surface area (Å²) in [5.74, 6) is 0.807. The topological polar surface area (TPSA) is 74.5 Å². The summed E-state index contributed by atoms with van der Waals surface area (Å²) in [6, 6.07) is 11.1. The molecule has 0 atom stereocenters. The van der Waals surface area contributed by atoms with Crippen molar-refractivity contribution in [3.05, 3.63) is 53.7 Å². The van der Waals surface area contributed by atoms with Crippen LogP contribution < -0.4 is 16.0 Å². The molecule has 1 fully saturated rings. The number of pyridine rings is 1. The predicted octanol–water partition coefficient (Wildman–Crippen LogP) is 1.54. The molecule has 2 aromatic rings. The number of anilines is 2. The molecule has 3 N–H and O–H groups in total. The molecule has 6 nitrogen and oxygen atoms in total. The number of nitrogens with zero attached hydrogens (tertiary/aromatic N) is 3. The van der Waals surface area contributed by atoms with Gasteiger partial charge in [-0.1, -0.05) is 12.1 Å². The first-order valence-corrected chi connectivity index (χ1v) is 8.15. The van der Waals surface area contributed by atoms with Gasteiger partial charge < -0.3 is 20.9 Å². The van der Waals surface area contributed by atoms with E-state index in [1.165, 1.54) is 0 Å². The highest BCUT2D eigenvalue weighted by Crippen LogP contribution is 2.16. The fourth-order valence-electron chi connectivity index (χ4n) is 2.68. The Balaban J connectivity index is 1.62. The van der Waals surface area contributed by atoms with Gasteiger partial charge in [0.1, 0.15) is 5.82 Å². The van der Waals surface area contributed by atoms with Gasteiger partial charge >= 0.3 is 0 Å². The molecule has 0 unspecified atom stereocenters. The summed E-state index contributed by atoms with van der Waals surface area (Å²) in [4.78, 5) is 21.3. The predicted molar refractivity (Wildman–Crippen MR) is 96.2 cm³/mol. The molecule has 1 aromatic carbocycles. The van der Waals surface area contributed by atoms with Crippen LogP contribution in [0.15, 0.2) is 42.6 Å². The highest BCUT2D eigenvalue weighted by molar-refractivity contribution is 6.04. The number of piperazine rings is 1. The third-order valence-electron chi connectivity index (χ3n) is 4.28. The zero-order valence-electron chi connectivity index (χ0n) is 13.9. The summed E-state index contributed by atoms with van der Waals surface area (Å²) in [7, 11) is 2.13. The molecule has 3 rings (SSSR count). The molecule has 0 aliphatic carbocycles. The fourth-order valence-corrected chi connectivity index (χ4v) is 2.68. The maximum Gasteiger partial charge on any atom is 0.255 e. The summed E-state index contributed by atoms with van der Waals surface area (Å²) < 4.78 is 0. The van der Waals surface area contributed by atoms with Crippen LogP contribution in [0.4, 0.5) is 11.5 Å². The lowest BCUT2D eigenvalue weighted by Crippen LogP contribution is -2.44. The molecule has 24 heavy (non-hydrogen) atoms. The van der Waals surface area contributed by atoms with E-state index in [1.807, 2.05) is 24.3 Å². The molecule has 0 bridgehead atoms. The van der Waals surface area contributed by atoms with Crippen LogP contribution in [0.2, 0.25) is 0 Å². The minimum atomic E-state index is -0.146. The van der Waals surface area contributed by atoms with Crippen LogP contribution in [0.25, 0.3) is 0 Å². The summed E-state index contributed by atoms with van der Waals surface area (Å²) in [6.45, 7) is 4.50. The Kier molecular flexibility index (Phi) is 5.08. The van der Waals surface area contributed by atoms with Gasteiger partial charge in [-0.15, -0.1) is 0 Å². The molecule has 126 valence electrons. The maximum atomic E-state index is 12.3. The Labute approximate surface area is 142 Å². The highest BCUT2D eigenvalue weighted by atomic mass is 16.1. The van der Waals surface area contributed by atoms with Gasteiger partial charge in [0, 0.05) is 38.3 Å². The first kappa shape index (κ1) is 16.4. The lowest BCUT2D eigenvalue weighted by Gasteiger charge is -2.33. The summed E-state index contributed by atoms with van der Waals surface area (Å²) in [5, 5.41) is 2.87. The summed E-state index contributed by atoms with van der Waals surface area (Å²) >= 11 is 0. The molecular weight excluding hydrogens is 302 g/mol. The zero-order valence-corrected chi connectivity index (χ0v) is 13.9. The van der Waals surface area contributed by atoms with Crippen LogP contribution in [-0.2, 0) is 6.54 Å². The number of aromatic nitrogens is 1. The van der Waals surface area contributed by atoms with Crippen LogP contribution in [0.5, 0.6) is 0 Å². The van der Waals surface area contributed by atoms with Crippen LogP contribution in [0, 0.1) is 0 Å². The molecule has 1 amide bonds. The number of likely N-dealkylation sites (N-methyl/N-ethyl adjacent to an activating group) is 1. The van der Waals surface area contributed by atoms with Gasteiger partial charge in [0.25, 0.3) is 5.91 Å². The van der Waals surface area contributed by atoms with Gasteiger partial charge in [0.2, 0.25) is 0 Å². The van der Waals surface area contributed by atoms with Crippen molar-refractivity contribution in [1.29, 1.82) is 0 Å².